The zero-order valence-corrected chi connectivity index (χ0v) is 19.9. The van der Waals surface area contributed by atoms with Crippen molar-refractivity contribution in [2.45, 2.75) is 30.9 Å². The van der Waals surface area contributed by atoms with Gasteiger partial charge in [-0.25, -0.2) is 4.98 Å². The summed E-state index contributed by atoms with van der Waals surface area (Å²) in [5, 5.41) is 3.32. The maximum Gasteiger partial charge on any atom is 0.416 e. The number of hydrogen-bond acceptors (Lipinski definition) is 3. The predicted octanol–water partition coefficient (Wildman–Crippen LogP) is 5.76. The van der Waals surface area contributed by atoms with Crippen molar-refractivity contribution in [3.05, 3.63) is 100 Å². The average molecular weight is 502 g/mol. The average Bonchev–Trinajstić information content (AvgIpc) is 2.87. The quantitative estimate of drug-likeness (QED) is 0.419. The van der Waals surface area contributed by atoms with Crippen LogP contribution in [0, 0.1) is 0 Å². The van der Waals surface area contributed by atoms with E-state index >= 15 is 0 Å². The van der Waals surface area contributed by atoms with Gasteiger partial charge in [-0.05, 0) is 61.7 Å². The van der Waals surface area contributed by atoms with Crippen LogP contribution in [-0.4, -0.2) is 42.0 Å². The fourth-order valence-electron chi connectivity index (χ4n) is 4.75. The molecule has 35 heavy (non-hydrogen) atoms. The zero-order chi connectivity index (χ0) is 24.9. The summed E-state index contributed by atoms with van der Waals surface area (Å²) < 4.78 is 40.0. The van der Waals surface area contributed by atoms with E-state index in [2.05, 4.69) is 27.3 Å². The molecule has 184 valence electrons. The Bertz CT molecular complexity index is 1150. The number of carbonyl (C=O) groups is 1. The highest BCUT2D eigenvalue weighted by Crippen LogP contribution is 2.36. The lowest BCUT2D eigenvalue weighted by Gasteiger charge is -2.42. The van der Waals surface area contributed by atoms with Crippen molar-refractivity contribution in [3.8, 4) is 0 Å². The normalized spacial score (nSPS) is 16.1. The van der Waals surface area contributed by atoms with Crippen LogP contribution in [0.1, 0.15) is 39.9 Å². The number of aromatic nitrogens is 1. The van der Waals surface area contributed by atoms with Crippen LogP contribution in [0.25, 0.3) is 0 Å². The highest BCUT2D eigenvalue weighted by Gasteiger charge is 2.37. The minimum absolute atomic E-state index is 0.212. The molecule has 4 nitrogen and oxygen atoms in total. The molecule has 0 spiro atoms. The first-order valence-electron chi connectivity index (χ1n) is 11.6. The predicted molar refractivity (Wildman–Crippen MR) is 131 cm³/mol. The van der Waals surface area contributed by atoms with Gasteiger partial charge in [-0.3, -0.25) is 4.79 Å². The summed E-state index contributed by atoms with van der Waals surface area (Å²) in [6.07, 6.45) is -0.935. The Morgan fingerprint density at radius 3 is 2.40 bits per heavy atom. The summed E-state index contributed by atoms with van der Waals surface area (Å²) in [5.74, 6) is -0.212. The molecule has 1 saturated heterocycles. The fraction of sp³-hybridized carbons (Fsp3) is 0.333. The summed E-state index contributed by atoms with van der Waals surface area (Å²) in [4.78, 5) is 18.9. The Balaban J connectivity index is 1.42. The van der Waals surface area contributed by atoms with Gasteiger partial charge in [-0.1, -0.05) is 60.1 Å². The Morgan fingerprint density at radius 1 is 1.03 bits per heavy atom. The van der Waals surface area contributed by atoms with Crippen LogP contribution in [0.4, 0.5) is 13.2 Å². The number of pyridine rings is 1. The number of likely N-dealkylation sites (tertiary alicyclic amines) is 1. The third kappa shape index (κ3) is 6.21. The monoisotopic (exact) mass is 501 g/mol. The van der Waals surface area contributed by atoms with Gasteiger partial charge < -0.3 is 10.2 Å². The summed E-state index contributed by atoms with van der Waals surface area (Å²) in [6, 6.07) is 19.0. The molecule has 3 aromatic rings. The molecule has 1 fully saturated rings. The largest absolute Gasteiger partial charge is 0.416 e. The number of nitrogens with one attached hydrogen (secondary N) is 1. The number of hydrogen-bond donors (Lipinski definition) is 1. The van der Waals surface area contributed by atoms with Crippen LogP contribution >= 0.6 is 11.6 Å². The molecule has 1 aliphatic heterocycles. The zero-order valence-electron chi connectivity index (χ0n) is 19.2. The van der Waals surface area contributed by atoms with Gasteiger partial charge in [-0.15, -0.1) is 0 Å². The molecular weight excluding hydrogens is 475 g/mol. The topological polar surface area (TPSA) is 45.2 Å². The van der Waals surface area contributed by atoms with Gasteiger partial charge in [-0.2, -0.15) is 13.2 Å². The maximum absolute atomic E-state index is 13.3. The molecule has 1 aliphatic rings. The first kappa shape index (κ1) is 25.2. The minimum Gasteiger partial charge on any atom is -0.351 e. The second-order valence-electron chi connectivity index (χ2n) is 8.94. The molecule has 1 amide bonds. The van der Waals surface area contributed by atoms with Crippen molar-refractivity contribution < 1.29 is 18.0 Å². The number of piperidine rings is 1. The van der Waals surface area contributed by atoms with Crippen molar-refractivity contribution >= 4 is 17.5 Å². The van der Waals surface area contributed by atoms with Crippen LogP contribution in [-0.2, 0) is 18.0 Å². The Kier molecular flexibility index (Phi) is 7.77. The van der Waals surface area contributed by atoms with E-state index in [-0.39, 0.29) is 16.5 Å². The second-order valence-corrected chi connectivity index (χ2v) is 9.33. The summed E-state index contributed by atoms with van der Waals surface area (Å²) in [6.45, 7) is 2.49. The molecule has 0 aliphatic carbocycles. The van der Waals surface area contributed by atoms with Crippen molar-refractivity contribution in [2.24, 2.45) is 0 Å². The molecule has 0 saturated carbocycles. The van der Waals surface area contributed by atoms with E-state index in [0.29, 0.717) is 30.6 Å². The van der Waals surface area contributed by atoms with Gasteiger partial charge in [0, 0.05) is 30.3 Å². The highest BCUT2D eigenvalue weighted by atomic mass is 35.5. The number of benzene rings is 2. The van der Waals surface area contributed by atoms with Crippen LogP contribution in [0.3, 0.4) is 0 Å². The molecular formula is C27H27ClF3N3O. The van der Waals surface area contributed by atoms with Gasteiger partial charge in [0.15, 0.2) is 0 Å². The van der Waals surface area contributed by atoms with Crippen molar-refractivity contribution in [3.63, 3.8) is 0 Å². The van der Waals surface area contributed by atoms with E-state index in [0.717, 1.165) is 37.6 Å². The number of nitrogens with zero attached hydrogens (tertiary/aromatic N) is 2. The van der Waals surface area contributed by atoms with E-state index < -0.39 is 11.7 Å². The number of amides is 1. The van der Waals surface area contributed by atoms with E-state index in [1.807, 2.05) is 18.2 Å². The molecule has 0 radical (unpaired) electrons. The molecule has 0 unspecified atom stereocenters. The van der Waals surface area contributed by atoms with E-state index in [1.54, 1.807) is 18.2 Å². The summed E-state index contributed by atoms with van der Waals surface area (Å²) >= 11 is 5.93. The van der Waals surface area contributed by atoms with Crippen LogP contribution in [0.15, 0.2) is 72.9 Å². The minimum atomic E-state index is -4.35. The van der Waals surface area contributed by atoms with Crippen molar-refractivity contribution in [1.82, 2.24) is 15.2 Å². The molecule has 8 heteroatoms. The van der Waals surface area contributed by atoms with Crippen molar-refractivity contribution in [2.75, 3.05) is 26.2 Å². The third-order valence-electron chi connectivity index (χ3n) is 6.80. The van der Waals surface area contributed by atoms with Gasteiger partial charge in [0.25, 0.3) is 5.91 Å². The van der Waals surface area contributed by atoms with Gasteiger partial charge in [0.05, 0.1) is 5.56 Å². The SMILES string of the molecule is O=C(NCC1(c2ccccc2)CCN(CCc2ccccc2C(F)(F)F)CC1)c1ccnc(Cl)c1. The first-order valence-corrected chi connectivity index (χ1v) is 12.0. The maximum atomic E-state index is 13.3. The molecule has 0 bridgehead atoms. The Hall–Kier alpha value is -2.90. The molecule has 2 aromatic carbocycles. The van der Waals surface area contributed by atoms with Crippen LogP contribution in [0.5, 0.6) is 0 Å². The lowest BCUT2D eigenvalue weighted by molar-refractivity contribution is -0.138. The Labute approximate surface area is 208 Å². The second kappa shape index (κ2) is 10.8. The molecule has 0 atom stereocenters. The van der Waals surface area contributed by atoms with Crippen molar-refractivity contribution in [1.29, 1.82) is 0 Å². The van der Waals surface area contributed by atoms with Crippen LogP contribution < -0.4 is 5.32 Å². The number of alkyl halides is 3. The molecule has 1 N–H and O–H groups in total. The van der Waals surface area contributed by atoms with Crippen LogP contribution in [0.2, 0.25) is 5.15 Å². The smallest absolute Gasteiger partial charge is 0.351 e. The van der Waals surface area contributed by atoms with Gasteiger partial charge >= 0.3 is 6.18 Å². The van der Waals surface area contributed by atoms with E-state index in [1.165, 1.54) is 18.3 Å². The number of carbonyl (C=O) groups excluding carboxylic acids is 1. The standard InChI is InChI=1S/C27H27ClF3N3O/c28-24-18-21(10-14-32-24)25(35)33-19-26(22-7-2-1-3-8-22)12-16-34(17-13-26)15-11-20-6-4-5-9-23(20)27(29,30)31/h1-10,14,18H,11-13,15-17,19H2,(H,33,35). The summed E-state index contributed by atoms with van der Waals surface area (Å²) in [5.41, 5.74) is 1.11. The first-order chi connectivity index (χ1) is 16.8. The van der Waals surface area contributed by atoms with Gasteiger partial charge in [0.1, 0.15) is 5.15 Å². The number of rotatable bonds is 7. The lowest BCUT2D eigenvalue weighted by atomic mass is 9.72. The summed E-state index contributed by atoms with van der Waals surface area (Å²) in [7, 11) is 0. The third-order valence-corrected chi connectivity index (χ3v) is 7.00. The highest BCUT2D eigenvalue weighted by molar-refractivity contribution is 6.29. The molecule has 2 heterocycles. The lowest BCUT2D eigenvalue weighted by Crippen LogP contribution is -2.49. The fourth-order valence-corrected chi connectivity index (χ4v) is 4.93. The Morgan fingerprint density at radius 2 is 1.71 bits per heavy atom. The number of halogens is 4. The van der Waals surface area contributed by atoms with E-state index in [9.17, 15) is 18.0 Å². The van der Waals surface area contributed by atoms with Gasteiger partial charge in [0.2, 0.25) is 0 Å². The van der Waals surface area contributed by atoms with E-state index in [4.69, 9.17) is 11.6 Å². The molecule has 1 aromatic heterocycles. The molecule has 4 rings (SSSR count).